The summed E-state index contributed by atoms with van der Waals surface area (Å²) in [6.45, 7) is -0.440. The minimum Gasteiger partial charge on any atom is -0.448 e. The van der Waals surface area contributed by atoms with Crippen molar-refractivity contribution in [3.63, 3.8) is 0 Å². The molecular weight excluding hydrogens is 643 g/mol. The van der Waals surface area contributed by atoms with Crippen molar-refractivity contribution in [3.05, 3.63) is 78.1 Å². The number of phosphoric ester groups is 1. The second-order valence-corrected chi connectivity index (χ2v) is 11.8. The van der Waals surface area contributed by atoms with E-state index in [4.69, 9.17) is 13.7 Å². The van der Waals surface area contributed by atoms with Crippen LogP contribution < -0.4 is 21.3 Å². The fourth-order valence-electron chi connectivity index (χ4n) is 4.13. The summed E-state index contributed by atoms with van der Waals surface area (Å²) >= 11 is 0. The maximum atomic E-state index is 14.1. The number of halogens is 2. The Morgan fingerprint density at radius 2 is 1.68 bits per heavy atom. The number of phosphoric acid groups is 1. The Kier molecular flexibility index (Phi) is 14.6. The molecule has 0 aliphatic carbocycles. The number of benzene rings is 2. The number of carbonyl (C=O) groups excluding carboxylic acids is 3. The molecule has 0 saturated carbocycles. The molecule has 0 unspecified atom stereocenters. The van der Waals surface area contributed by atoms with Gasteiger partial charge in [0.15, 0.2) is 11.6 Å². The van der Waals surface area contributed by atoms with Crippen molar-refractivity contribution in [2.75, 3.05) is 52.9 Å². The van der Waals surface area contributed by atoms with Crippen molar-refractivity contribution >= 4 is 31.9 Å². The normalized spacial score (nSPS) is 11.8. The molecule has 256 valence electrons. The van der Waals surface area contributed by atoms with Crippen LogP contribution in [-0.4, -0.2) is 76.7 Å². The highest BCUT2D eigenvalue weighted by molar-refractivity contribution is 7.48. The van der Waals surface area contributed by atoms with E-state index in [9.17, 15) is 27.7 Å². The van der Waals surface area contributed by atoms with Gasteiger partial charge in [0.1, 0.15) is 12.9 Å². The number of carbonyl (C=O) groups is 3. The van der Waals surface area contributed by atoms with E-state index in [1.165, 1.54) is 44.6 Å². The van der Waals surface area contributed by atoms with E-state index in [0.717, 1.165) is 17.2 Å². The molecule has 14 nitrogen and oxygen atoms in total. The van der Waals surface area contributed by atoms with Gasteiger partial charge >= 0.3 is 26.0 Å². The number of urea groups is 2. The molecule has 0 aliphatic heterocycles. The van der Waals surface area contributed by atoms with Crippen LogP contribution in [0.1, 0.15) is 18.4 Å². The second-order valence-electron chi connectivity index (χ2n) is 9.90. The van der Waals surface area contributed by atoms with Crippen molar-refractivity contribution in [1.29, 1.82) is 0 Å². The molecule has 17 heteroatoms. The predicted octanol–water partition coefficient (Wildman–Crippen LogP) is 5.48. The molecule has 0 bridgehead atoms. The Balaban J connectivity index is 1.52. The van der Waals surface area contributed by atoms with Crippen LogP contribution in [-0.2, 0) is 29.4 Å². The van der Waals surface area contributed by atoms with Gasteiger partial charge in [-0.2, -0.15) is 0 Å². The van der Waals surface area contributed by atoms with Gasteiger partial charge in [-0.1, -0.05) is 42.5 Å². The number of ether oxygens (including phenoxy) is 1. The number of hydrogen-bond donors (Lipinski definition) is 4. The molecule has 1 atom stereocenters. The van der Waals surface area contributed by atoms with E-state index in [1.54, 1.807) is 6.07 Å². The summed E-state index contributed by atoms with van der Waals surface area (Å²) < 4.78 is 64.6. The van der Waals surface area contributed by atoms with Crippen LogP contribution in [0, 0.1) is 11.6 Å². The Hall–Kier alpha value is -4.50. The molecule has 4 N–H and O–H groups in total. The standard InChI is InChI=1S/C30H38F2N5O9P/c1-37(29(39)35-18-22-11-7-13-25(31)27(22)32)24(12-8-14-33-28(38)34-15-16-46-47(41,42-2)43-3)20-45-30(40)36-26-17-23(19-44-26)21-9-5-4-6-10-21/h4-7,9-11,13,17,19,24H,8,12,14-16,18,20H2,1-3H3,(H,35,39)(H,36,40)(H2,33,34,38)/t24-/m0/s1. The van der Waals surface area contributed by atoms with Crippen LogP contribution in [0.5, 0.6) is 0 Å². The molecule has 47 heavy (non-hydrogen) atoms. The van der Waals surface area contributed by atoms with Crippen molar-refractivity contribution in [1.82, 2.24) is 20.9 Å². The molecule has 1 heterocycles. The zero-order valence-electron chi connectivity index (χ0n) is 26.1. The number of likely N-dealkylation sites (N-methyl/N-ethyl adjacent to an activating group) is 1. The number of anilines is 1. The minimum absolute atomic E-state index is 0.0193. The molecule has 0 saturated heterocycles. The first kappa shape index (κ1) is 37.0. The quantitative estimate of drug-likeness (QED) is 0.106. The first-order chi connectivity index (χ1) is 22.5. The number of rotatable bonds is 17. The van der Waals surface area contributed by atoms with Crippen molar-refractivity contribution in [3.8, 4) is 11.1 Å². The second kappa shape index (κ2) is 18.6. The monoisotopic (exact) mass is 681 g/mol. The van der Waals surface area contributed by atoms with Crippen LogP contribution in [0.2, 0.25) is 0 Å². The number of amides is 5. The Morgan fingerprint density at radius 3 is 2.40 bits per heavy atom. The highest BCUT2D eigenvalue weighted by Crippen LogP contribution is 2.47. The third-order valence-electron chi connectivity index (χ3n) is 6.75. The van der Waals surface area contributed by atoms with E-state index in [2.05, 4.69) is 30.3 Å². The van der Waals surface area contributed by atoms with Crippen molar-refractivity contribution in [2.45, 2.75) is 25.4 Å². The molecule has 0 spiro atoms. The summed E-state index contributed by atoms with van der Waals surface area (Å²) in [5.41, 5.74) is 1.60. The summed E-state index contributed by atoms with van der Waals surface area (Å²) in [7, 11) is 0.136. The van der Waals surface area contributed by atoms with Gasteiger partial charge in [-0.15, -0.1) is 0 Å². The van der Waals surface area contributed by atoms with Gasteiger partial charge in [-0.25, -0.2) is 27.7 Å². The third kappa shape index (κ3) is 12.0. The summed E-state index contributed by atoms with van der Waals surface area (Å²) in [6, 6.07) is 12.8. The SMILES string of the molecule is COP(=O)(OC)OCCNC(=O)NCCC[C@@H](COC(=O)Nc1cc(-c2ccccc2)co1)N(C)C(=O)NCc1cccc(F)c1F. The van der Waals surface area contributed by atoms with Gasteiger partial charge in [-0.05, 0) is 24.5 Å². The topological polar surface area (TPSA) is 170 Å². The smallest absolute Gasteiger partial charge is 0.448 e. The van der Waals surface area contributed by atoms with Crippen molar-refractivity contribution < 1.29 is 50.5 Å². The van der Waals surface area contributed by atoms with Gasteiger partial charge in [0.25, 0.3) is 0 Å². The Bertz CT molecular complexity index is 1500. The van der Waals surface area contributed by atoms with Crippen LogP contribution in [0.4, 0.5) is 29.0 Å². The molecular formula is C30H38F2N5O9P. The van der Waals surface area contributed by atoms with E-state index in [-0.39, 0.29) is 50.7 Å². The maximum absolute atomic E-state index is 14.1. The fraction of sp³-hybridized carbons (Fsp3) is 0.367. The van der Waals surface area contributed by atoms with Gasteiger partial charge < -0.3 is 30.0 Å². The van der Waals surface area contributed by atoms with E-state index in [0.29, 0.717) is 6.42 Å². The largest absolute Gasteiger partial charge is 0.474 e. The van der Waals surface area contributed by atoms with Gasteiger partial charge in [0.05, 0.1) is 12.6 Å². The number of nitrogens with one attached hydrogen (secondary N) is 4. The first-order valence-electron chi connectivity index (χ1n) is 14.4. The third-order valence-corrected chi connectivity index (χ3v) is 8.15. The zero-order chi connectivity index (χ0) is 34.2. The molecule has 0 aliphatic rings. The molecule has 1 aromatic heterocycles. The Labute approximate surface area is 270 Å². The van der Waals surface area contributed by atoms with E-state index >= 15 is 0 Å². The van der Waals surface area contributed by atoms with Gasteiger partial charge in [0.2, 0.25) is 5.88 Å². The van der Waals surface area contributed by atoms with Crippen LogP contribution >= 0.6 is 7.82 Å². The molecule has 0 radical (unpaired) electrons. The van der Waals surface area contributed by atoms with E-state index < -0.39 is 43.7 Å². The molecule has 3 rings (SSSR count). The number of hydrogen-bond acceptors (Lipinski definition) is 9. The lowest BCUT2D eigenvalue weighted by atomic mass is 10.1. The van der Waals surface area contributed by atoms with Gasteiger partial charge in [0, 0.05) is 58.1 Å². The average molecular weight is 682 g/mol. The molecule has 5 amide bonds. The lowest BCUT2D eigenvalue weighted by Gasteiger charge is -2.28. The van der Waals surface area contributed by atoms with Crippen LogP contribution in [0.3, 0.4) is 0 Å². The van der Waals surface area contributed by atoms with Crippen LogP contribution in [0.25, 0.3) is 11.1 Å². The minimum atomic E-state index is -3.66. The Morgan fingerprint density at radius 1 is 0.957 bits per heavy atom. The number of furan rings is 1. The van der Waals surface area contributed by atoms with Crippen molar-refractivity contribution in [2.24, 2.45) is 0 Å². The summed E-state index contributed by atoms with van der Waals surface area (Å²) in [5, 5.41) is 10.2. The van der Waals surface area contributed by atoms with Crippen LogP contribution in [0.15, 0.2) is 65.3 Å². The molecule has 2 aromatic carbocycles. The summed E-state index contributed by atoms with van der Waals surface area (Å²) in [4.78, 5) is 38.9. The maximum Gasteiger partial charge on any atom is 0.474 e. The summed E-state index contributed by atoms with van der Waals surface area (Å²) in [6.07, 6.45) is 1.29. The first-order valence-corrected chi connectivity index (χ1v) is 15.9. The predicted molar refractivity (Wildman–Crippen MR) is 167 cm³/mol. The highest BCUT2D eigenvalue weighted by atomic mass is 31.2. The lowest BCUT2D eigenvalue weighted by molar-refractivity contribution is 0.113. The average Bonchev–Trinajstić information content (AvgIpc) is 3.55. The summed E-state index contributed by atoms with van der Waals surface area (Å²) in [5.74, 6) is -1.95. The molecule has 3 aromatic rings. The zero-order valence-corrected chi connectivity index (χ0v) is 27.0. The van der Waals surface area contributed by atoms with Gasteiger partial charge in [-0.3, -0.25) is 18.9 Å². The highest BCUT2D eigenvalue weighted by Gasteiger charge is 2.24. The lowest BCUT2D eigenvalue weighted by Crippen LogP contribution is -2.46. The fourth-order valence-corrected chi connectivity index (χ4v) is 4.81. The number of nitrogens with zero attached hydrogens (tertiary/aromatic N) is 1. The van der Waals surface area contributed by atoms with E-state index in [1.807, 2.05) is 30.3 Å². The molecule has 0 fully saturated rings.